The fourth-order valence-corrected chi connectivity index (χ4v) is 3.11. The molecular formula is C17H19ClN2S2. The molecule has 0 unspecified atom stereocenters. The molecule has 0 amide bonds. The van der Waals surface area contributed by atoms with E-state index in [9.17, 15) is 0 Å². The van der Waals surface area contributed by atoms with Gasteiger partial charge in [0.2, 0.25) is 0 Å². The highest BCUT2D eigenvalue weighted by Gasteiger charge is 2.05. The van der Waals surface area contributed by atoms with Crippen LogP contribution in [0.5, 0.6) is 0 Å². The molecule has 0 aliphatic carbocycles. The lowest BCUT2D eigenvalue weighted by atomic mass is 10.1. The molecule has 0 saturated carbocycles. The lowest BCUT2D eigenvalue weighted by Crippen LogP contribution is -2.37. The fraction of sp³-hybridized carbons (Fsp3) is 0.235. The second-order valence-corrected chi connectivity index (χ2v) is 6.85. The van der Waals surface area contributed by atoms with E-state index in [1.54, 1.807) is 11.8 Å². The maximum atomic E-state index is 5.87. The van der Waals surface area contributed by atoms with E-state index in [-0.39, 0.29) is 6.04 Å². The third kappa shape index (κ3) is 5.87. The Hall–Kier alpha value is -1.23. The average molecular weight is 351 g/mol. The van der Waals surface area contributed by atoms with Crippen LogP contribution in [0.4, 0.5) is 0 Å². The van der Waals surface area contributed by atoms with Gasteiger partial charge < -0.3 is 10.6 Å². The molecule has 0 bridgehead atoms. The van der Waals surface area contributed by atoms with Crippen molar-refractivity contribution in [3.05, 3.63) is 65.2 Å². The monoisotopic (exact) mass is 350 g/mol. The highest BCUT2D eigenvalue weighted by molar-refractivity contribution is 7.99. The van der Waals surface area contributed by atoms with Crippen LogP contribution in [0.15, 0.2) is 59.5 Å². The SMILES string of the molecule is C[C@H](NC(=S)NCCSc1ccc(Cl)cc1)c1ccccc1. The van der Waals surface area contributed by atoms with Crippen molar-refractivity contribution in [2.24, 2.45) is 0 Å². The summed E-state index contributed by atoms with van der Waals surface area (Å²) < 4.78 is 0. The van der Waals surface area contributed by atoms with Crippen molar-refractivity contribution in [2.75, 3.05) is 12.3 Å². The smallest absolute Gasteiger partial charge is 0.166 e. The van der Waals surface area contributed by atoms with Gasteiger partial charge in [0.05, 0.1) is 6.04 Å². The molecular weight excluding hydrogens is 332 g/mol. The normalized spacial score (nSPS) is 11.7. The molecule has 0 aliphatic heterocycles. The van der Waals surface area contributed by atoms with E-state index in [2.05, 4.69) is 29.7 Å². The molecule has 22 heavy (non-hydrogen) atoms. The van der Waals surface area contributed by atoms with Gasteiger partial charge >= 0.3 is 0 Å². The Morgan fingerprint density at radius 3 is 2.50 bits per heavy atom. The van der Waals surface area contributed by atoms with Gasteiger partial charge in [-0.2, -0.15) is 0 Å². The summed E-state index contributed by atoms with van der Waals surface area (Å²) in [5, 5.41) is 7.99. The van der Waals surface area contributed by atoms with E-state index >= 15 is 0 Å². The molecule has 2 aromatic rings. The molecule has 0 saturated heterocycles. The Kier molecular flexibility index (Phi) is 7.03. The molecule has 116 valence electrons. The predicted octanol–water partition coefficient (Wildman–Crippen LogP) is 4.66. The van der Waals surface area contributed by atoms with Crippen LogP contribution < -0.4 is 10.6 Å². The van der Waals surface area contributed by atoms with Crippen LogP contribution in [-0.2, 0) is 0 Å². The van der Waals surface area contributed by atoms with Crippen molar-refractivity contribution in [3.63, 3.8) is 0 Å². The van der Waals surface area contributed by atoms with Crippen LogP contribution in [0.3, 0.4) is 0 Å². The fourth-order valence-electron chi connectivity index (χ4n) is 1.94. The van der Waals surface area contributed by atoms with E-state index in [1.165, 1.54) is 10.5 Å². The number of rotatable bonds is 6. The lowest BCUT2D eigenvalue weighted by Gasteiger charge is -2.17. The van der Waals surface area contributed by atoms with Crippen LogP contribution in [0.1, 0.15) is 18.5 Å². The van der Waals surface area contributed by atoms with Crippen molar-refractivity contribution in [1.82, 2.24) is 10.6 Å². The standard InChI is InChI=1S/C17H19ClN2S2/c1-13(14-5-3-2-4-6-14)20-17(21)19-11-12-22-16-9-7-15(18)8-10-16/h2-10,13H,11-12H2,1H3,(H2,19,20,21)/t13-/m0/s1. The molecule has 2 rings (SSSR count). The molecule has 0 aliphatic rings. The summed E-state index contributed by atoms with van der Waals surface area (Å²) in [6.07, 6.45) is 0. The minimum atomic E-state index is 0.199. The quantitative estimate of drug-likeness (QED) is 0.449. The van der Waals surface area contributed by atoms with Crippen molar-refractivity contribution in [3.8, 4) is 0 Å². The van der Waals surface area contributed by atoms with Gasteiger partial charge in [-0.3, -0.25) is 0 Å². The zero-order valence-electron chi connectivity index (χ0n) is 12.4. The summed E-state index contributed by atoms with van der Waals surface area (Å²) in [5.41, 5.74) is 1.22. The van der Waals surface area contributed by atoms with Gasteiger partial charge in [-0.05, 0) is 49.0 Å². The van der Waals surface area contributed by atoms with E-state index in [0.717, 1.165) is 17.3 Å². The highest BCUT2D eigenvalue weighted by atomic mass is 35.5. The number of hydrogen-bond acceptors (Lipinski definition) is 2. The first kappa shape index (κ1) is 17.1. The molecule has 2 nitrogen and oxygen atoms in total. The van der Waals surface area contributed by atoms with E-state index in [0.29, 0.717) is 5.11 Å². The van der Waals surface area contributed by atoms with Crippen molar-refractivity contribution in [1.29, 1.82) is 0 Å². The number of thiocarbonyl (C=S) groups is 1. The topological polar surface area (TPSA) is 24.1 Å². The van der Waals surface area contributed by atoms with E-state index < -0.39 is 0 Å². The zero-order valence-corrected chi connectivity index (χ0v) is 14.8. The second-order valence-electron chi connectivity index (χ2n) is 4.83. The maximum absolute atomic E-state index is 5.87. The van der Waals surface area contributed by atoms with Gasteiger partial charge in [-0.15, -0.1) is 11.8 Å². The Morgan fingerprint density at radius 2 is 1.82 bits per heavy atom. The molecule has 0 aromatic heterocycles. The van der Waals surface area contributed by atoms with E-state index in [4.69, 9.17) is 23.8 Å². The number of thioether (sulfide) groups is 1. The number of nitrogens with one attached hydrogen (secondary N) is 2. The summed E-state index contributed by atoms with van der Waals surface area (Å²) >= 11 is 13.0. The number of hydrogen-bond donors (Lipinski definition) is 2. The summed E-state index contributed by atoms with van der Waals surface area (Å²) in [6, 6.07) is 18.3. The van der Waals surface area contributed by atoms with Gasteiger partial charge in [0.1, 0.15) is 0 Å². The number of benzene rings is 2. The Labute approximate surface area is 146 Å². The van der Waals surface area contributed by atoms with Crippen LogP contribution >= 0.6 is 35.6 Å². The van der Waals surface area contributed by atoms with Gasteiger partial charge in [0, 0.05) is 22.2 Å². The molecule has 0 fully saturated rings. The van der Waals surface area contributed by atoms with E-state index in [1.807, 2.05) is 42.5 Å². The third-order valence-corrected chi connectivity index (χ3v) is 4.65. The van der Waals surface area contributed by atoms with Gasteiger partial charge in [0.25, 0.3) is 0 Å². The third-order valence-electron chi connectivity index (χ3n) is 3.12. The number of halogens is 1. The zero-order chi connectivity index (χ0) is 15.8. The Bertz CT molecular complexity index is 587. The summed E-state index contributed by atoms with van der Waals surface area (Å²) in [4.78, 5) is 1.21. The van der Waals surface area contributed by atoms with Gasteiger partial charge in [-0.25, -0.2) is 0 Å². The Morgan fingerprint density at radius 1 is 1.14 bits per heavy atom. The van der Waals surface area contributed by atoms with Crippen molar-refractivity contribution < 1.29 is 0 Å². The molecule has 1 atom stereocenters. The maximum Gasteiger partial charge on any atom is 0.166 e. The molecule has 0 radical (unpaired) electrons. The Balaban J connectivity index is 1.66. The van der Waals surface area contributed by atoms with Crippen molar-refractivity contribution >= 4 is 40.7 Å². The van der Waals surface area contributed by atoms with Crippen LogP contribution in [0.25, 0.3) is 0 Å². The average Bonchev–Trinajstić information content (AvgIpc) is 2.54. The molecule has 2 N–H and O–H groups in total. The molecule has 2 aromatic carbocycles. The minimum absolute atomic E-state index is 0.199. The largest absolute Gasteiger partial charge is 0.362 e. The summed E-state index contributed by atoms with van der Waals surface area (Å²) in [6.45, 7) is 2.92. The van der Waals surface area contributed by atoms with Crippen LogP contribution in [0, 0.1) is 0 Å². The highest BCUT2D eigenvalue weighted by Crippen LogP contribution is 2.19. The van der Waals surface area contributed by atoms with Crippen LogP contribution in [-0.4, -0.2) is 17.4 Å². The molecule has 0 spiro atoms. The van der Waals surface area contributed by atoms with Gasteiger partial charge in [-0.1, -0.05) is 41.9 Å². The van der Waals surface area contributed by atoms with Crippen molar-refractivity contribution in [2.45, 2.75) is 17.9 Å². The minimum Gasteiger partial charge on any atom is -0.362 e. The predicted molar refractivity (Wildman–Crippen MR) is 101 cm³/mol. The summed E-state index contributed by atoms with van der Waals surface area (Å²) in [7, 11) is 0. The first-order valence-corrected chi connectivity index (χ1v) is 8.90. The summed E-state index contributed by atoms with van der Waals surface area (Å²) in [5.74, 6) is 0.948. The van der Waals surface area contributed by atoms with Crippen LogP contribution in [0.2, 0.25) is 5.02 Å². The molecule has 5 heteroatoms. The first-order chi connectivity index (χ1) is 10.6. The second kappa shape index (κ2) is 9.03. The van der Waals surface area contributed by atoms with Gasteiger partial charge in [0.15, 0.2) is 5.11 Å². The lowest BCUT2D eigenvalue weighted by molar-refractivity contribution is 0.703. The molecule has 0 heterocycles. The first-order valence-electron chi connectivity index (χ1n) is 7.13.